The topological polar surface area (TPSA) is 51.7 Å². The quantitative estimate of drug-likeness (QED) is 0.628. The lowest BCUT2D eigenvalue weighted by atomic mass is 10.0. The lowest BCUT2D eigenvalue weighted by Crippen LogP contribution is -2.32. The Bertz CT molecular complexity index is 1120. The summed E-state index contributed by atoms with van der Waals surface area (Å²) in [6.07, 6.45) is 3.59. The second-order valence-electron chi connectivity index (χ2n) is 7.35. The van der Waals surface area contributed by atoms with Gasteiger partial charge in [0.2, 0.25) is 5.78 Å². The number of ether oxygens (including phenoxy) is 2. The van der Waals surface area contributed by atoms with Crippen molar-refractivity contribution in [2.24, 2.45) is 0 Å². The fourth-order valence-electron chi connectivity index (χ4n) is 3.74. The first-order chi connectivity index (χ1) is 14.2. The van der Waals surface area contributed by atoms with Gasteiger partial charge in [0.05, 0.1) is 16.8 Å². The summed E-state index contributed by atoms with van der Waals surface area (Å²) in [5.74, 6) is 1.63. The normalized spacial score (nSPS) is 16.9. The number of fused-ring (bicyclic) bond motifs is 3. The molecular weight excluding hydrogens is 364 g/mol. The monoisotopic (exact) mass is 384 g/mol. The summed E-state index contributed by atoms with van der Waals surface area (Å²) < 4.78 is 12.0. The summed E-state index contributed by atoms with van der Waals surface area (Å²) in [5, 5.41) is 0. The molecule has 5 nitrogen and oxygen atoms in total. The van der Waals surface area contributed by atoms with Crippen molar-refractivity contribution in [3.05, 3.63) is 94.5 Å². The molecule has 3 aromatic rings. The number of Topliss-reactive ketones (excluding diaryl/α,β-unsaturated/α-hetero) is 1. The molecule has 5 heteroatoms. The van der Waals surface area contributed by atoms with E-state index in [0.717, 1.165) is 28.1 Å². The Morgan fingerprint density at radius 2 is 2.07 bits per heavy atom. The molecule has 2 aliphatic heterocycles. The molecule has 3 heterocycles. The van der Waals surface area contributed by atoms with Crippen LogP contribution in [0.4, 0.5) is 0 Å². The van der Waals surface area contributed by atoms with Crippen LogP contribution in [0.2, 0.25) is 0 Å². The van der Waals surface area contributed by atoms with Gasteiger partial charge >= 0.3 is 0 Å². The number of benzene rings is 2. The first kappa shape index (κ1) is 17.6. The molecule has 0 unspecified atom stereocenters. The molecule has 0 radical (unpaired) electrons. The van der Waals surface area contributed by atoms with E-state index in [4.69, 9.17) is 9.47 Å². The molecule has 0 spiro atoms. The summed E-state index contributed by atoms with van der Waals surface area (Å²) in [4.78, 5) is 19.4. The van der Waals surface area contributed by atoms with E-state index in [1.807, 2.05) is 55.5 Å². The third-order valence-electron chi connectivity index (χ3n) is 5.13. The summed E-state index contributed by atoms with van der Waals surface area (Å²) >= 11 is 0. The van der Waals surface area contributed by atoms with Crippen molar-refractivity contribution in [3.63, 3.8) is 0 Å². The van der Waals surface area contributed by atoms with Gasteiger partial charge in [-0.2, -0.15) is 0 Å². The molecule has 0 fully saturated rings. The number of aromatic nitrogens is 1. The lowest BCUT2D eigenvalue weighted by molar-refractivity contribution is 0.0861. The smallest absolute Gasteiger partial charge is 0.231 e. The Balaban J connectivity index is 1.44. The van der Waals surface area contributed by atoms with Crippen LogP contribution < -0.4 is 9.47 Å². The van der Waals surface area contributed by atoms with E-state index in [2.05, 4.69) is 9.88 Å². The number of ketones is 1. The van der Waals surface area contributed by atoms with Gasteiger partial charge in [0, 0.05) is 19.3 Å². The molecule has 0 saturated heterocycles. The third-order valence-corrected chi connectivity index (χ3v) is 5.13. The predicted octanol–water partition coefficient (Wildman–Crippen LogP) is 4.36. The minimum absolute atomic E-state index is 0.0915. The van der Waals surface area contributed by atoms with E-state index in [1.54, 1.807) is 18.3 Å². The van der Waals surface area contributed by atoms with Crippen LogP contribution in [0.5, 0.6) is 11.5 Å². The molecule has 0 bridgehead atoms. The Labute approximate surface area is 169 Å². The number of aryl methyl sites for hydroxylation is 1. The molecular formula is C24H20N2O3. The molecule has 0 amide bonds. The Morgan fingerprint density at radius 1 is 1.14 bits per heavy atom. The van der Waals surface area contributed by atoms with Gasteiger partial charge in [0.1, 0.15) is 18.2 Å². The van der Waals surface area contributed by atoms with Crippen LogP contribution in [0.1, 0.15) is 32.7 Å². The molecule has 5 rings (SSSR count). The van der Waals surface area contributed by atoms with Crippen molar-refractivity contribution < 1.29 is 14.3 Å². The van der Waals surface area contributed by atoms with Gasteiger partial charge in [-0.15, -0.1) is 0 Å². The largest absolute Gasteiger partial charge is 0.478 e. The van der Waals surface area contributed by atoms with Crippen molar-refractivity contribution in [2.75, 3.05) is 6.73 Å². The number of hydrogen-bond acceptors (Lipinski definition) is 5. The second kappa shape index (κ2) is 7.18. The van der Waals surface area contributed by atoms with Crippen LogP contribution in [0.15, 0.2) is 66.6 Å². The first-order valence-corrected chi connectivity index (χ1v) is 9.59. The second-order valence-corrected chi connectivity index (χ2v) is 7.35. The molecule has 0 N–H and O–H groups in total. The van der Waals surface area contributed by atoms with Crippen LogP contribution in [-0.4, -0.2) is 22.4 Å². The maximum Gasteiger partial charge on any atom is 0.231 e. The zero-order chi connectivity index (χ0) is 19.8. The van der Waals surface area contributed by atoms with Crippen molar-refractivity contribution in [1.82, 2.24) is 9.88 Å². The van der Waals surface area contributed by atoms with Crippen molar-refractivity contribution in [2.45, 2.75) is 20.0 Å². The number of nitrogens with zero attached hydrogens (tertiary/aromatic N) is 2. The van der Waals surface area contributed by atoms with Gasteiger partial charge < -0.3 is 9.47 Å². The molecule has 2 aromatic carbocycles. The number of carbonyl (C=O) groups excluding carboxylic acids is 1. The van der Waals surface area contributed by atoms with Crippen LogP contribution in [-0.2, 0) is 13.1 Å². The third kappa shape index (κ3) is 3.41. The fraction of sp³-hybridized carbons (Fsp3) is 0.167. The number of carbonyl (C=O) groups is 1. The fourth-order valence-corrected chi connectivity index (χ4v) is 3.74. The van der Waals surface area contributed by atoms with E-state index >= 15 is 0 Å². The first-order valence-electron chi connectivity index (χ1n) is 9.59. The Kier molecular flexibility index (Phi) is 4.37. The van der Waals surface area contributed by atoms with E-state index in [0.29, 0.717) is 36.9 Å². The Hall–Kier alpha value is -3.44. The highest BCUT2D eigenvalue weighted by Gasteiger charge is 2.33. The van der Waals surface area contributed by atoms with E-state index in [1.165, 1.54) is 0 Å². The number of hydrogen-bond donors (Lipinski definition) is 0. The van der Waals surface area contributed by atoms with E-state index in [-0.39, 0.29) is 5.78 Å². The maximum absolute atomic E-state index is 12.9. The summed E-state index contributed by atoms with van der Waals surface area (Å²) in [6.45, 7) is 3.81. The molecule has 0 saturated carbocycles. The van der Waals surface area contributed by atoms with Crippen LogP contribution >= 0.6 is 0 Å². The van der Waals surface area contributed by atoms with E-state index < -0.39 is 0 Å². The van der Waals surface area contributed by atoms with Crippen molar-refractivity contribution in [1.29, 1.82) is 0 Å². The zero-order valence-electron chi connectivity index (χ0n) is 16.1. The number of pyridine rings is 1. The highest BCUT2D eigenvalue weighted by Crippen LogP contribution is 2.42. The van der Waals surface area contributed by atoms with E-state index in [9.17, 15) is 4.79 Å². The maximum atomic E-state index is 12.9. The molecule has 29 heavy (non-hydrogen) atoms. The average Bonchev–Trinajstić information content (AvgIpc) is 3.05. The van der Waals surface area contributed by atoms with Gasteiger partial charge in [0.25, 0.3) is 0 Å². The van der Waals surface area contributed by atoms with Crippen LogP contribution in [0.3, 0.4) is 0 Å². The molecule has 1 aromatic heterocycles. The molecule has 0 aliphatic carbocycles. The highest BCUT2D eigenvalue weighted by molar-refractivity contribution is 6.15. The summed E-state index contributed by atoms with van der Waals surface area (Å²) in [6, 6.07) is 17.5. The summed E-state index contributed by atoms with van der Waals surface area (Å²) in [7, 11) is 0. The molecule has 0 atom stereocenters. The van der Waals surface area contributed by atoms with Gasteiger partial charge in [-0.05, 0) is 42.8 Å². The molecule has 2 aliphatic rings. The lowest BCUT2D eigenvalue weighted by Gasteiger charge is -2.29. The Morgan fingerprint density at radius 3 is 2.90 bits per heavy atom. The van der Waals surface area contributed by atoms with Gasteiger partial charge in [-0.25, -0.2) is 0 Å². The SMILES string of the molecule is Cc1cccc(/C=C2\Oc3c(ccc4c3CN(Cc3ccccn3)CO4)C2=O)c1. The standard InChI is InChI=1S/C24H20N2O3/c1-16-5-4-6-17(11-16)12-22-23(27)19-8-9-21-20(24(19)29-22)14-26(15-28-21)13-18-7-2-3-10-25-18/h2-12H,13-15H2,1H3/b22-12-. The van der Waals surface area contributed by atoms with Gasteiger partial charge in [-0.1, -0.05) is 35.9 Å². The van der Waals surface area contributed by atoms with Crippen molar-refractivity contribution in [3.8, 4) is 11.5 Å². The van der Waals surface area contributed by atoms with Crippen molar-refractivity contribution >= 4 is 11.9 Å². The van der Waals surface area contributed by atoms with Gasteiger partial charge in [0.15, 0.2) is 5.76 Å². The summed E-state index contributed by atoms with van der Waals surface area (Å²) in [5.41, 5.74) is 4.56. The van der Waals surface area contributed by atoms with Gasteiger partial charge in [-0.3, -0.25) is 14.7 Å². The molecule has 144 valence electrons. The number of rotatable bonds is 3. The van der Waals surface area contributed by atoms with Crippen LogP contribution in [0.25, 0.3) is 6.08 Å². The minimum Gasteiger partial charge on any atom is -0.478 e. The zero-order valence-corrected chi connectivity index (χ0v) is 16.1. The van der Waals surface area contributed by atoms with Crippen LogP contribution in [0, 0.1) is 6.92 Å². The predicted molar refractivity (Wildman–Crippen MR) is 110 cm³/mol. The average molecular weight is 384 g/mol. The minimum atomic E-state index is -0.0915. The highest BCUT2D eigenvalue weighted by atomic mass is 16.5. The number of allylic oxidation sites excluding steroid dienone is 1.